The summed E-state index contributed by atoms with van der Waals surface area (Å²) in [6.45, 7) is 1.66. The molecule has 1 saturated heterocycles. The Balaban J connectivity index is 1.52. The molecular formula is C23H23N3O2. The molecule has 0 atom stereocenters. The van der Waals surface area contributed by atoms with E-state index in [0.717, 1.165) is 37.4 Å². The zero-order valence-corrected chi connectivity index (χ0v) is 15.7. The first-order valence-electron chi connectivity index (χ1n) is 9.64. The number of aromatic nitrogens is 1. The minimum absolute atomic E-state index is 0.0685. The number of pyridine rings is 1. The SMILES string of the molecule is O=C(c1ccnc(Nc2ccccc2Oc2ccccc2)c1)N1CCCCC1. The smallest absolute Gasteiger partial charge is 0.254 e. The van der Waals surface area contributed by atoms with Crippen molar-refractivity contribution in [1.82, 2.24) is 9.88 Å². The third-order valence-corrected chi connectivity index (χ3v) is 4.77. The van der Waals surface area contributed by atoms with Crippen LogP contribution in [0.1, 0.15) is 29.6 Å². The Kier molecular flexibility index (Phi) is 5.52. The maximum atomic E-state index is 12.8. The van der Waals surface area contributed by atoms with Gasteiger partial charge in [0.25, 0.3) is 5.91 Å². The molecule has 4 rings (SSSR count). The Morgan fingerprint density at radius 3 is 2.50 bits per heavy atom. The number of carbonyl (C=O) groups is 1. The molecule has 2 heterocycles. The van der Waals surface area contributed by atoms with E-state index in [1.807, 2.05) is 59.5 Å². The van der Waals surface area contributed by atoms with Gasteiger partial charge in [0.2, 0.25) is 0 Å². The average molecular weight is 373 g/mol. The number of para-hydroxylation sites is 3. The number of hydrogen-bond donors (Lipinski definition) is 1. The largest absolute Gasteiger partial charge is 0.455 e. The number of piperidine rings is 1. The monoisotopic (exact) mass is 373 g/mol. The number of benzene rings is 2. The van der Waals surface area contributed by atoms with E-state index < -0.39 is 0 Å². The Morgan fingerprint density at radius 2 is 1.68 bits per heavy atom. The summed E-state index contributed by atoms with van der Waals surface area (Å²) in [6.07, 6.45) is 5.02. The number of carbonyl (C=O) groups excluding carboxylic acids is 1. The first-order chi connectivity index (χ1) is 13.8. The van der Waals surface area contributed by atoms with Gasteiger partial charge in [0, 0.05) is 24.8 Å². The fraction of sp³-hybridized carbons (Fsp3) is 0.217. The highest BCUT2D eigenvalue weighted by Crippen LogP contribution is 2.31. The Bertz CT molecular complexity index is 937. The third kappa shape index (κ3) is 4.31. The van der Waals surface area contributed by atoms with Crippen LogP contribution in [0, 0.1) is 0 Å². The molecule has 1 N–H and O–H groups in total. The minimum Gasteiger partial charge on any atom is -0.455 e. The molecule has 2 aromatic carbocycles. The number of rotatable bonds is 5. The van der Waals surface area contributed by atoms with Crippen molar-refractivity contribution in [2.24, 2.45) is 0 Å². The maximum absolute atomic E-state index is 12.8. The summed E-state index contributed by atoms with van der Waals surface area (Å²) in [4.78, 5) is 19.1. The molecule has 0 spiro atoms. The third-order valence-electron chi connectivity index (χ3n) is 4.77. The van der Waals surface area contributed by atoms with E-state index in [1.54, 1.807) is 18.3 Å². The predicted octanol–water partition coefficient (Wildman–Crippen LogP) is 5.24. The molecule has 3 aromatic rings. The van der Waals surface area contributed by atoms with Gasteiger partial charge in [-0.3, -0.25) is 4.79 Å². The van der Waals surface area contributed by atoms with E-state index in [9.17, 15) is 4.79 Å². The minimum atomic E-state index is 0.0685. The van der Waals surface area contributed by atoms with Crippen LogP contribution in [0.15, 0.2) is 72.9 Å². The van der Waals surface area contributed by atoms with E-state index in [4.69, 9.17) is 4.74 Å². The topological polar surface area (TPSA) is 54.5 Å². The summed E-state index contributed by atoms with van der Waals surface area (Å²) in [5, 5.41) is 3.28. The molecular weight excluding hydrogens is 350 g/mol. The van der Waals surface area contributed by atoms with E-state index in [0.29, 0.717) is 17.1 Å². The van der Waals surface area contributed by atoms with E-state index in [2.05, 4.69) is 10.3 Å². The lowest BCUT2D eigenvalue weighted by Crippen LogP contribution is -2.35. The van der Waals surface area contributed by atoms with Crippen molar-refractivity contribution in [3.63, 3.8) is 0 Å². The van der Waals surface area contributed by atoms with Gasteiger partial charge in [-0.25, -0.2) is 4.98 Å². The number of ether oxygens (including phenoxy) is 1. The van der Waals surface area contributed by atoms with E-state index in [1.165, 1.54) is 6.42 Å². The van der Waals surface area contributed by atoms with Gasteiger partial charge >= 0.3 is 0 Å². The van der Waals surface area contributed by atoms with Crippen LogP contribution < -0.4 is 10.1 Å². The molecule has 0 aliphatic carbocycles. The number of amides is 1. The summed E-state index contributed by atoms with van der Waals surface area (Å²) in [5.74, 6) is 2.15. The van der Waals surface area contributed by atoms with Gasteiger partial charge in [-0.1, -0.05) is 30.3 Å². The normalized spacial score (nSPS) is 13.8. The average Bonchev–Trinajstić information content (AvgIpc) is 2.76. The molecule has 0 radical (unpaired) electrons. The highest BCUT2D eigenvalue weighted by atomic mass is 16.5. The molecule has 1 fully saturated rings. The second-order valence-corrected chi connectivity index (χ2v) is 6.82. The van der Waals surface area contributed by atoms with E-state index >= 15 is 0 Å². The van der Waals surface area contributed by atoms with Gasteiger partial charge in [-0.2, -0.15) is 0 Å². The molecule has 0 unspecified atom stereocenters. The molecule has 0 saturated carbocycles. The number of nitrogens with zero attached hydrogens (tertiary/aromatic N) is 2. The van der Waals surface area contributed by atoms with Crippen molar-refractivity contribution in [2.75, 3.05) is 18.4 Å². The number of likely N-dealkylation sites (tertiary alicyclic amines) is 1. The maximum Gasteiger partial charge on any atom is 0.254 e. The van der Waals surface area contributed by atoms with Crippen LogP contribution in [0.3, 0.4) is 0 Å². The molecule has 5 heteroatoms. The zero-order chi connectivity index (χ0) is 19.2. The summed E-state index contributed by atoms with van der Waals surface area (Å²) in [7, 11) is 0. The summed E-state index contributed by atoms with van der Waals surface area (Å²) < 4.78 is 5.99. The molecule has 0 bridgehead atoms. The lowest BCUT2D eigenvalue weighted by Gasteiger charge is -2.26. The Hall–Kier alpha value is -3.34. The van der Waals surface area contributed by atoms with Crippen molar-refractivity contribution in [3.05, 3.63) is 78.5 Å². The van der Waals surface area contributed by atoms with Crippen LogP contribution in [-0.2, 0) is 0 Å². The standard InChI is InChI=1S/C23H23N3O2/c27-23(26-15-7-2-8-16-26)18-13-14-24-22(17-18)25-20-11-5-6-12-21(20)28-19-9-3-1-4-10-19/h1,3-6,9-14,17H,2,7-8,15-16H2,(H,24,25). The van der Waals surface area contributed by atoms with Crippen LogP contribution in [-0.4, -0.2) is 28.9 Å². The van der Waals surface area contributed by atoms with Crippen LogP contribution in [0.4, 0.5) is 11.5 Å². The second kappa shape index (κ2) is 8.57. The summed E-state index contributed by atoms with van der Waals surface area (Å²) >= 11 is 0. The van der Waals surface area contributed by atoms with Crippen LogP contribution >= 0.6 is 0 Å². The van der Waals surface area contributed by atoms with Crippen molar-refractivity contribution in [1.29, 1.82) is 0 Å². The number of nitrogens with one attached hydrogen (secondary N) is 1. The van der Waals surface area contributed by atoms with Crippen molar-refractivity contribution < 1.29 is 9.53 Å². The van der Waals surface area contributed by atoms with E-state index in [-0.39, 0.29) is 5.91 Å². The quantitative estimate of drug-likeness (QED) is 0.664. The molecule has 1 aromatic heterocycles. The molecule has 1 aliphatic rings. The highest BCUT2D eigenvalue weighted by molar-refractivity contribution is 5.95. The van der Waals surface area contributed by atoms with Crippen molar-refractivity contribution >= 4 is 17.4 Å². The van der Waals surface area contributed by atoms with Gasteiger partial charge in [0.1, 0.15) is 11.6 Å². The molecule has 1 aliphatic heterocycles. The Morgan fingerprint density at radius 1 is 0.929 bits per heavy atom. The predicted molar refractivity (Wildman–Crippen MR) is 110 cm³/mol. The lowest BCUT2D eigenvalue weighted by atomic mass is 10.1. The van der Waals surface area contributed by atoms with Crippen molar-refractivity contribution in [3.8, 4) is 11.5 Å². The first kappa shape index (κ1) is 18.0. The highest BCUT2D eigenvalue weighted by Gasteiger charge is 2.18. The van der Waals surface area contributed by atoms with Crippen LogP contribution in [0.2, 0.25) is 0 Å². The zero-order valence-electron chi connectivity index (χ0n) is 15.7. The summed E-state index contributed by atoms with van der Waals surface area (Å²) in [6, 6.07) is 20.9. The lowest BCUT2D eigenvalue weighted by molar-refractivity contribution is 0.0724. The van der Waals surface area contributed by atoms with Gasteiger partial charge < -0.3 is 15.0 Å². The van der Waals surface area contributed by atoms with Gasteiger partial charge in [0.05, 0.1) is 5.69 Å². The van der Waals surface area contributed by atoms with Crippen molar-refractivity contribution in [2.45, 2.75) is 19.3 Å². The van der Waals surface area contributed by atoms with Crippen LogP contribution in [0.25, 0.3) is 0 Å². The molecule has 142 valence electrons. The molecule has 5 nitrogen and oxygen atoms in total. The Labute approximate surface area is 165 Å². The van der Waals surface area contributed by atoms with Crippen LogP contribution in [0.5, 0.6) is 11.5 Å². The fourth-order valence-electron chi connectivity index (χ4n) is 3.32. The molecule has 1 amide bonds. The number of hydrogen-bond acceptors (Lipinski definition) is 4. The second-order valence-electron chi connectivity index (χ2n) is 6.82. The van der Waals surface area contributed by atoms with Gasteiger partial charge in [-0.15, -0.1) is 0 Å². The molecule has 28 heavy (non-hydrogen) atoms. The fourth-order valence-corrected chi connectivity index (χ4v) is 3.32. The summed E-state index contributed by atoms with van der Waals surface area (Å²) in [5.41, 5.74) is 1.45. The number of anilines is 2. The van der Waals surface area contributed by atoms with Gasteiger partial charge in [0.15, 0.2) is 5.75 Å². The van der Waals surface area contributed by atoms with Gasteiger partial charge in [-0.05, 0) is 55.7 Å². The first-order valence-corrected chi connectivity index (χ1v) is 9.64.